The van der Waals surface area contributed by atoms with Crippen LogP contribution < -0.4 is 0 Å². The van der Waals surface area contributed by atoms with Gasteiger partial charge in [-0.2, -0.15) is 0 Å². The van der Waals surface area contributed by atoms with Gasteiger partial charge in [-0.3, -0.25) is 0 Å². The number of aryl methyl sites for hydroxylation is 2. The molecular formula is C23H25N7O. The van der Waals surface area contributed by atoms with Crippen LogP contribution in [0.3, 0.4) is 0 Å². The maximum atomic E-state index is 13.3. The van der Waals surface area contributed by atoms with Crippen LogP contribution in [0.2, 0.25) is 0 Å². The van der Waals surface area contributed by atoms with Gasteiger partial charge in [-0.15, -0.1) is 0 Å². The monoisotopic (exact) mass is 415 g/mol. The van der Waals surface area contributed by atoms with Gasteiger partial charge in [0.2, 0.25) is 0 Å². The lowest BCUT2D eigenvalue weighted by atomic mass is 9.98. The molecule has 8 nitrogen and oxygen atoms in total. The van der Waals surface area contributed by atoms with Crippen LogP contribution in [-0.2, 0) is 33.6 Å². The number of urea groups is 1. The van der Waals surface area contributed by atoms with Gasteiger partial charge in [-0.05, 0) is 18.1 Å². The second kappa shape index (κ2) is 6.73. The van der Waals surface area contributed by atoms with Gasteiger partial charge in [0, 0.05) is 68.6 Å². The fraction of sp³-hybridized carbons (Fsp3) is 0.348. The largest absolute Gasteiger partial charge is 0.337 e. The van der Waals surface area contributed by atoms with E-state index in [1.807, 2.05) is 47.1 Å². The normalized spacial score (nSPS) is 18.1. The van der Waals surface area contributed by atoms with Crippen LogP contribution in [0, 0.1) is 0 Å². The highest BCUT2D eigenvalue weighted by Crippen LogP contribution is 2.41. The highest BCUT2D eigenvalue weighted by Gasteiger charge is 2.44. The van der Waals surface area contributed by atoms with Crippen LogP contribution in [0.4, 0.5) is 4.79 Å². The molecule has 1 fully saturated rings. The van der Waals surface area contributed by atoms with Crippen molar-refractivity contribution in [2.45, 2.75) is 25.6 Å². The lowest BCUT2D eigenvalue weighted by Crippen LogP contribution is -2.37. The average Bonchev–Trinajstić information content (AvgIpc) is 3.52. The van der Waals surface area contributed by atoms with Crippen molar-refractivity contribution in [3.63, 3.8) is 0 Å². The minimum Gasteiger partial charge on any atom is -0.337 e. The molecule has 0 spiro atoms. The van der Waals surface area contributed by atoms with Crippen molar-refractivity contribution in [2.24, 2.45) is 14.1 Å². The summed E-state index contributed by atoms with van der Waals surface area (Å²) in [7, 11) is 4.00. The first-order chi connectivity index (χ1) is 15.1. The molecule has 1 aromatic carbocycles. The predicted molar refractivity (Wildman–Crippen MR) is 116 cm³/mol. The SMILES string of the molecule is Cn1ccnc1CN1CC2c3c(c4ccccc4n3Cc3nccn3C)CCN2C1=O. The molecule has 31 heavy (non-hydrogen) atoms. The minimum absolute atomic E-state index is 0.0455. The molecule has 2 amide bonds. The standard InChI is InChI=1S/C23H25N7O/c1-26-11-8-24-20(26)14-28-13-19-22-17(7-10-29(19)23(28)31)16-5-3-4-6-18(16)30(22)15-21-25-9-12-27(21)2/h3-6,8-9,11-12,19H,7,10,13-15H2,1-2H3. The Morgan fingerprint density at radius 1 is 1.00 bits per heavy atom. The zero-order valence-corrected chi connectivity index (χ0v) is 17.8. The zero-order chi connectivity index (χ0) is 21.1. The molecule has 6 rings (SSSR count). The molecule has 1 unspecified atom stereocenters. The maximum Gasteiger partial charge on any atom is 0.321 e. The molecule has 2 aliphatic heterocycles. The van der Waals surface area contributed by atoms with Gasteiger partial charge in [0.1, 0.15) is 11.6 Å². The smallest absolute Gasteiger partial charge is 0.321 e. The number of rotatable bonds is 4. The van der Waals surface area contributed by atoms with Gasteiger partial charge in [0.15, 0.2) is 0 Å². The van der Waals surface area contributed by atoms with Crippen molar-refractivity contribution in [3.8, 4) is 0 Å². The number of carbonyl (C=O) groups is 1. The average molecular weight is 416 g/mol. The number of hydrogen-bond donors (Lipinski definition) is 0. The Balaban J connectivity index is 1.44. The summed E-state index contributed by atoms with van der Waals surface area (Å²) in [6.45, 7) is 2.65. The Morgan fingerprint density at radius 3 is 2.42 bits per heavy atom. The summed E-state index contributed by atoms with van der Waals surface area (Å²) in [4.78, 5) is 26.2. The number of benzene rings is 1. The molecule has 0 saturated carbocycles. The first-order valence-electron chi connectivity index (χ1n) is 10.7. The van der Waals surface area contributed by atoms with E-state index in [1.165, 1.54) is 22.2 Å². The number of amides is 2. The van der Waals surface area contributed by atoms with E-state index in [0.29, 0.717) is 19.6 Å². The molecule has 0 aliphatic carbocycles. The Hall–Kier alpha value is -3.55. The van der Waals surface area contributed by atoms with E-state index in [0.717, 1.165) is 24.6 Å². The molecule has 8 heteroatoms. The van der Waals surface area contributed by atoms with Crippen LogP contribution in [0.25, 0.3) is 10.9 Å². The van der Waals surface area contributed by atoms with Crippen molar-refractivity contribution in [1.82, 2.24) is 33.5 Å². The maximum absolute atomic E-state index is 13.3. The number of hydrogen-bond acceptors (Lipinski definition) is 3. The number of para-hydroxylation sites is 1. The third-order valence-electron chi connectivity index (χ3n) is 6.80. The fourth-order valence-corrected chi connectivity index (χ4v) is 5.17. The van der Waals surface area contributed by atoms with Crippen LogP contribution >= 0.6 is 0 Å². The third kappa shape index (κ3) is 2.71. The summed E-state index contributed by atoms with van der Waals surface area (Å²) in [5.41, 5.74) is 3.84. The molecule has 158 valence electrons. The molecule has 0 bridgehead atoms. The lowest BCUT2D eigenvalue weighted by Gasteiger charge is -2.30. The summed E-state index contributed by atoms with van der Waals surface area (Å²) >= 11 is 0. The van der Waals surface area contributed by atoms with Crippen molar-refractivity contribution in [3.05, 3.63) is 72.0 Å². The quantitative estimate of drug-likeness (QED) is 0.515. The minimum atomic E-state index is 0.0455. The van der Waals surface area contributed by atoms with Gasteiger partial charge < -0.3 is 23.5 Å². The first kappa shape index (κ1) is 18.2. The highest BCUT2D eigenvalue weighted by molar-refractivity contribution is 5.87. The Bertz CT molecular complexity index is 1300. The second-order valence-corrected chi connectivity index (χ2v) is 8.50. The third-order valence-corrected chi connectivity index (χ3v) is 6.80. The topological polar surface area (TPSA) is 64.1 Å². The van der Waals surface area contributed by atoms with Crippen LogP contribution in [0.1, 0.15) is 28.9 Å². The van der Waals surface area contributed by atoms with E-state index in [1.54, 1.807) is 6.20 Å². The van der Waals surface area contributed by atoms with E-state index < -0.39 is 0 Å². The summed E-state index contributed by atoms with van der Waals surface area (Å²) in [6, 6.07) is 8.74. The zero-order valence-electron chi connectivity index (χ0n) is 17.8. The van der Waals surface area contributed by atoms with E-state index >= 15 is 0 Å². The van der Waals surface area contributed by atoms with Gasteiger partial charge in [-0.25, -0.2) is 14.8 Å². The molecule has 0 N–H and O–H groups in total. The fourth-order valence-electron chi connectivity index (χ4n) is 5.17. The van der Waals surface area contributed by atoms with E-state index in [9.17, 15) is 4.79 Å². The van der Waals surface area contributed by atoms with E-state index in [4.69, 9.17) is 0 Å². The highest BCUT2D eigenvalue weighted by atomic mass is 16.2. The van der Waals surface area contributed by atoms with Crippen molar-refractivity contribution < 1.29 is 4.79 Å². The molecule has 3 aromatic heterocycles. The van der Waals surface area contributed by atoms with E-state index in [-0.39, 0.29) is 12.1 Å². The number of aromatic nitrogens is 5. The molecule has 2 aliphatic rings. The Morgan fingerprint density at radius 2 is 1.71 bits per heavy atom. The number of fused-ring (bicyclic) bond motifs is 5. The van der Waals surface area contributed by atoms with Gasteiger partial charge in [-0.1, -0.05) is 18.2 Å². The van der Waals surface area contributed by atoms with Crippen LogP contribution in [-0.4, -0.2) is 52.6 Å². The molecule has 5 heterocycles. The molecule has 1 saturated heterocycles. The molecule has 0 radical (unpaired) electrons. The lowest BCUT2D eigenvalue weighted by molar-refractivity contribution is 0.181. The van der Waals surface area contributed by atoms with Gasteiger partial charge in [0.05, 0.1) is 19.1 Å². The van der Waals surface area contributed by atoms with Crippen molar-refractivity contribution >= 4 is 16.9 Å². The predicted octanol–water partition coefficient (Wildman–Crippen LogP) is 2.69. The van der Waals surface area contributed by atoms with Crippen molar-refractivity contribution in [2.75, 3.05) is 13.1 Å². The number of nitrogens with zero attached hydrogens (tertiary/aromatic N) is 7. The molecule has 4 aromatic rings. The summed E-state index contributed by atoms with van der Waals surface area (Å²) < 4.78 is 6.42. The molecular weight excluding hydrogens is 390 g/mol. The van der Waals surface area contributed by atoms with Gasteiger partial charge in [0.25, 0.3) is 0 Å². The van der Waals surface area contributed by atoms with Crippen molar-refractivity contribution in [1.29, 1.82) is 0 Å². The summed E-state index contributed by atoms with van der Waals surface area (Å²) in [5.74, 6) is 1.91. The Kier molecular flexibility index (Phi) is 3.96. The van der Waals surface area contributed by atoms with Crippen LogP contribution in [0.15, 0.2) is 49.1 Å². The number of carbonyl (C=O) groups excluding carboxylic acids is 1. The first-order valence-corrected chi connectivity index (χ1v) is 10.7. The summed E-state index contributed by atoms with van der Waals surface area (Å²) in [6.07, 6.45) is 8.40. The van der Waals surface area contributed by atoms with Crippen LogP contribution in [0.5, 0.6) is 0 Å². The Labute approximate surface area is 180 Å². The van der Waals surface area contributed by atoms with Gasteiger partial charge >= 0.3 is 6.03 Å². The second-order valence-electron chi connectivity index (χ2n) is 8.50. The van der Waals surface area contributed by atoms with E-state index in [2.05, 4.69) is 43.4 Å². The molecule has 1 atom stereocenters. The number of imidazole rings is 2. The summed E-state index contributed by atoms with van der Waals surface area (Å²) in [5, 5.41) is 1.29.